The lowest BCUT2D eigenvalue weighted by Gasteiger charge is -2.07. The third-order valence-electron chi connectivity index (χ3n) is 1.94. The van der Waals surface area contributed by atoms with Crippen molar-refractivity contribution in [2.24, 2.45) is 0 Å². The van der Waals surface area contributed by atoms with Crippen molar-refractivity contribution < 1.29 is 22.7 Å². The highest BCUT2D eigenvalue weighted by molar-refractivity contribution is 5.72. The summed E-state index contributed by atoms with van der Waals surface area (Å²) in [7, 11) is 1.07. The predicted octanol–water partition coefficient (Wildman–Crippen LogP) is 1.75. The van der Waals surface area contributed by atoms with E-state index in [1.165, 1.54) is 6.07 Å². The number of nitrogens with zero attached hydrogens (tertiary/aromatic N) is 2. The molecule has 0 N–H and O–H groups in total. The van der Waals surface area contributed by atoms with Crippen molar-refractivity contribution in [3.63, 3.8) is 0 Å². The molecule has 7 heteroatoms. The number of rotatable bonds is 3. The number of nitriles is 1. The van der Waals surface area contributed by atoms with Gasteiger partial charge in [0.15, 0.2) is 5.82 Å². The molecule has 0 aromatic carbocycles. The van der Waals surface area contributed by atoms with E-state index in [2.05, 4.69) is 9.72 Å². The maximum Gasteiger partial charge on any atom is 0.311 e. The normalized spacial score (nSPS) is 10.1. The van der Waals surface area contributed by atoms with Gasteiger partial charge in [0.1, 0.15) is 11.8 Å². The smallest absolute Gasteiger partial charge is 0.311 e. The standard InChI is InChI=1S/C10H7F3N2O2/c1-17-8(16)3-7-9(11)6(10(12)13)2-5(4-14)15-7/h2,10H,3H2,1H3. The molecule has 0 aliphatic rings. The first-order valence-corrected chi connectivity index (χ1v) is 4.44. The minimum absolute atomic E-state index is 0.374. The summed E-state index contributed by atoms with van der Waals surface area (Å²) < 4.78 is 42.6. The summed E-state index contributed by atoms with van der Waals surface area (Å²) in [6.07, 6.45) is -3.68. The number of halogens is 3. The van der Waals surface area contributed by atoms with Crippen LogP contribution in [0, 0.1) is 17.1 Å². The third-order valence-corrected chi connectivity index (χ3v) is 1.94. The van der Waals surface area contributed by atoms with Crippen molar-refractivity contribution in [3.8, 4) is 6.07 Å². The van der Waals surface area contributed by atoms with Gasteiger partial charge in [-0.3, -0.25) is 4.79 Å². The van der Waals surface area contributed by atoms with Crippen LogP contribution in [-0.2, 0) is 16.0 Å². The lowest BCUT2D eigenvalue weighted by Crippen LogP contribution is -2.11. The Bertz CT molecular complexity index is 483. The van der Waals surface area contributed by atoms with Gasteiger partial charge in [-0.25, -0.2) is 18.2 Å². The molecule has 17 heavy (non-hydrogen) atoms. The average Bonchev–Trinajstić information content (AvgIpc) is 2.31. The topological polar surface area (TPSA) is 63.0 Å². The van der Waals surface area contributed by atoms with Crippen LogP contribution in [-0.4, -0.2) is 18.1 Å². The summed E-state index contributed by atoms with van der Waals surface area (Å²) in [6.45, 7) is 0. The molecule has 0 saturated heterocycles. The van der Waals surface area contributed by atoms with Gasteiger partial charge in [-0.2, -0.15) is 5.26 Å². The van der Waals surface area contributed by atoms with E-state index in [0.717, 1.165) is 7.11 Å². The lowest BCUT2D eigenvalue weighted by molar-refractivity contribution is -0.139. The third kappa shape index (κ3) is 2.93. The zero-order chi connectivity index (χ0) is 13.0. The van der Waals surface area contributed by atoms with Gasteiger partial charge in [-0.05, 0) is 6.07 Å². The van der Waals surface area contributed by atoms with Gasteiger partial charge in [0.05, 0.1) is 24.8 Å². The molecule has 0 aliphatic carbocycles. The van der Waals surface area contributed by atoms with E-state index in [0.29, 0.717) is 6.07 Å². The first-order valence-electron chi connectivity index (χ1n) is 4.44. The molecule has 4 nitrogen and oxygen atoms in total. The molecule has 1 aromatic heterocycles. The van der Waals surface area contributed by atoms with E-state index >= 15 is 0 Å². The van der Waals surface area contributed by atoms with Gasteiger partial charge in [-0.15, -0.1) is 0 Å². The number of pyridine rings is 1. The summed E-state index contributed by atoms with van der Waals surface area (Å²) in [5.41, 5.74) is -1.85. The quantitative estimate of drug-likeness (QED) is 0.760. The first-order chi connectivity index (χ1) is 7.99. The van der Waals surface area contributed by atoms with Crippen LogP contribution in [0.4, 0.5) is 13.2 Å². The second-order valence-corrected chi connectivity index (χ2v) is 3.02. The summed E-state index contributed by atoms with van der Waals surface area (Å²) in [5.74, 6) is -2.11. The highest BCUT2D eigenvalue weighted by atomic mass is 19.3. The van der Waals surface area contributed by atoms with Crippen LogP contribution in [0.5, 0.6) is 0 Å². The average molecular weight is 244 g/mol. The number of aromatic nitrogens is 1. The molecule has 0 unspecified atom stereocenters. The number of alkyl halides is 2. The van der Waals surface area contributed by atoms with Gasteiger partial charge in [0.2, 0.25) is 0 Å². The largest absolute Gasteiger partial charge is 0.469 e. The number of ether oxygens (including phenoxy) is 1. The van der Waals surface area contributed by atoms with E-state index in [1.54, 1.807) is 0 Å². The fraction of sp³-hybridized carbons (Fsp3) is 0.300. The first kappa shape index (κ1) is 13.0. The van der Waals surface area contributed by atoms with Gasteiger partial charge in [0, 0.05) is 0 Å². The predicted molar refractivity (Wildman–Crippen MR) is 49.6 cm³/mol. The summed E-state index contributed by atoms with van der Waals surface area (Å²) in [4.78, 5) is 14.4. The van der Waals surface area contributed by atoms with E-state index in [9.17, 15) is 18.0 Å². The highest BCUT2D eigenvalue weighted by Gasteiger charge is 2.21. The van der Waals surface area contributed by atoms with Gasteiger partial charge < -0.3 is 4.74 Å². The minimum atomic E-state index is -3.08. The fourth-order valence-electron chi connectivity index (χ4n) is 1.15. The van der Waals surface area contributed by atoms with Gasteiger partial charge >= 0.3 is 5.97 Å². The van der Waals surface area contributed by atoms with Crippen LogP contribution in [0.2, 0.25) is 0 Å². The van der Waals surface area contributed by atoms with Crippen molar-refractivity contribution in [3.05, 3.63) is 28.8 Å². The van der Waals surface area contributed by atoms with Crippen LogP contribution >= 0.6 is 0 Å². The van der Waals surface area contributed by atoms with Crippen molar-refractivity contribution in [2.75, 3.05) is 7.11 Å². The zero-order valence-corrected chi connectivity index (χ0v) is 8.71. The van der Waals surface area contributed by atoms with Crippen LogP contribution in [0.1, 0.15) is 23.4 Å². The van der Waals surface area contributed by atoms with Crippen LogP contribution in [0.25, 0.3) is 0 Å². The molecule has 0 radical (unpaired) electrons. The molecule has 0 amide bonds. The molecule has 0 spiro atoms. The molecular weight excluding hydrogens is 237 g/mol. The van der Waals surface area contributed by atoms with Crippen molar-refractivity contribution in [1.82, 2.24) is 4.98 Å². The Kier molecular flexibility index (Phi) is 4.04. The van der Waals surface area contributed by atoms with Crippen molar-refractivity contribution in [2.45, 2.75) is 12.8 Å². The Morgan fingerprint density at radius 1 is 1.65 bits per heavy atom. The van der Waals surface area contributed by atoms with Crippen LogP contribution in [0.3, 0.4) is 0 Å². The molecule has 1 aromatic rings. The molecule has 0 fully saturated rings. The number of carbonyl (C=O) groups excluding carboxylic acids is 1. The molecule has 0 atom stereocenters. The van der Waals surface area contributed by atoms with Gasteiger partial charge in [0.25, 0.3) is 6.43 Å². The molecule has 90 valence electrons. The SMILES string of the molecule is COC(=O)Cc1nc(C#N)cc(C(F)F)c1F. The van der Waals surface area contributed by atoms with E-state index in [-0.39, 0.29) is 5.69 Å². The number of methoxy groups -OCH3 is 1. The monoisotopic (exact) mass is 244 g/mol. The zero-order valence-electron chi connectivity index (χ0n) is 8.71. The van der Waals surface area contributed by atoms with Crippen molar-refractivity contribution in [1.29, 1.82) is 5.26 Å². The summed E-state index contributed by atoms with van der Waals surface area (Å²) >= 11 is 0. The number of esters is 1. The maximum absolute atomic E-state index is 13.5. The highest BCUT2D eigenvalue weighted by Crippen LogP contribution is 2.24. The number of carbonyl (C=O) groups is 1. The second kappa shape index (κ2) is 5.30. The van der Waals surface area contributed by atoms with Crippen molar-refractivity contribution >= 4 is 5.97 Å². The second-order valence-electron chi connectivity index (χ2n) is 3.02. The molecule has 1 heterocycles. The summed E-state index contributed by atoms with van der Waals surface area (Å²) in [5, 5.41) is 8.55. The van der Waals surface area contributed by atoms with Crippen LogP contribution in [0.15, 0.2) is 6.07 Å². The lowest BCUT2D eigenvalue weighted by atomic mass is 10.1. The maximum atomic E-state index is 13.5. The Morgan fingerprint density at radius 3 is 2.76 bits per heavy atom. The van der Waals surface area contributed by atoms with Gasteiger partial charge in [-0.1, -0.05) is 0 Å². The minimum Gasteiger partial charge on any atom is -0.469 e. The molecule has 1 rings (SSSR count). The number of hydrogen-bond acceptors (Lipinski definition) is 4. The van der Waals surface area contributed by atoms with E-state index in [4.69, 9.17) is 5.26 Å². The Hall–Kier alpha value is -2.10. The molecular formula is C10H7F3N2O2. The molecule has 0 saturated carbocycles. The Morgan fingerprint density at radius 2 is 2.29 bits per heavy atom. The molecule has 0 bridgehead atoms. The number of hydrogen-bond donors (Lipinski definition) is 0. The Balaban J connectivity index is 3.25. The fourth-order valence-corrected chi connectivity index (χ4v) is 1.15. The molecule has 0 aliphatic heterocycles. The summed E-state index contributed by atoms with van der Waals surface area (Å²) in [6, 6.07) is 2.17. The Labute approximate surface area is 94.6 Å². The van der Waals surface area contributed by atoms with Crippen LogP contribution < -0.4 is 0 Å². The van der Waals surface area contributed by atoms with E-state index < -0.39 is 35.9 Å². The van der Waals surface area contributed by atoms with E-state index in [1.807, 2.05) is 0 Å².